The van der Waals surface area contributed by atoms with E-state index >= 15 is 0 Å². The molecular weight excluding hydrogens is 332 g/mol. The largest absolute Gasteiger partial charge is 0.300 e. The number of aromatic nitrogens is 2. The third-order valence-electron chi connectivity index (χ3n) is 5.19. The zero-order chi connectivity index (χ0) is 18.4. The van der Waals surface area contributed by atoms with Crippen molar-refractivity contribution in [1.29, 1.82) is 0 Å². The van der Waals surface area contributed by atoms with Crippen LogP contribution in [0.5, 0.6) is 0 Å². The fraction of sp³-hybridized carbons (Fsp3) is 0.0833. The minimum absolute atomic E-state index is 0.0432. The van der Waals surface area contributed by atoms with Gasteiger partial charge in [0.05, 0.1) is 11.0 Å². The Hall–Kier alpha value is -3.46. The number of aryl methyl sites for hydroxylation is 1. The number of ketones is 1. The molecule has 0 saturated carbocycles. The lowest BCUT2D eigenvalue weighted by molar-refractivity contribution is 0.104. The molecule has 3 nitrogen and oxygen atoms in total. The summed E-state index contributed by atoms with van der Waals surface area (Å²) in [6.07, 6.45) is 2.95. The smallest absolute Gasteiger partial charge is 0.193 e. The first-order chi connectivity index (χ1) is 13.3. The van der Waals surface area contributed by atoms with Crippen LogP contribution in [-0.2, 0) is 6.42 Å². The van der Waals surface area contributed by atoms with Gasteiger partial charge in [-0.1, -0.05) is 61.5 Å². The highest BCUT2D eigenvalue weighted by Gasteiger charge is 2.17. The molecule has 0 amide bonds. The molecule has 3 heteroatoms. The van der Waals surface area contributed by atoms with Crippen LogP contribution < -0.4 is 0 Å². The van der Waals surface area contributed by atoms with Gasteiger partial charge in [-0.25, -0.2) is 4.98 Å². The second kappa shape index (κ2) is 6.06. The maximum absolute atomic E-state index is 13.3. The molecule has 2 aromatic heterocycles. The van der Waals surface area contributed by atoms with Gasteiger partial charge in [-0.3, -0.25) is 9.20 Å². The fourth-order valence-electron chi connectivity index (χ4n) is 3.73. The Labute approximate surface area is 156 Å². The van der Waals surface area contributed by atoms with Gasteiger partial charge in [0.15, 0.2) is 5.78 Å². The van der Waals surface area contributed by atoms with Crippen molar-refractivity contribution in [3.8, 4) is 0 Å². The van der Waals surface area contributed by atoms with Crippen LogP contribution in [0, 0.1) is 0 Å². The van der Waals surface area contributed by atoms with Crippen molar-refractivity contribution in [3.05, 3.63) is 95.7 Å². The number of carbonyl (C=O) groups is 1. The van der Waals surface area contributed by atoms with Crippen LogP contribution in [-0.4, -0.2) is 15.2 Å². The van der Waals surface area contributed by atoms with Gasteiger partial charge >= 0.3 is 0 Å². The Kier molecular flexibility index (Phi) is 3.54. The molecule has 2 heterocycles. The van der Waals surface area contributed by atoms with E-state index in [4.69, 9.17) is 4.98 Å². The zero-order valence-electron chi connectivity index (χ0n) is 15.0. The van der Waals surface area contributed by atoms with Crippen molar-refractivity contribution in [2.45, 2.75) is 13.3 Å². The number of rotatable bonds is 3. The molecule has 0 aliphatic carbocycles. The van der Waals surface area contributed by atoms with E-state index in [2.05, 4.69) is 6.92 Å². The summed E-state index contributed by atoms with van der Waals surface area (Å²) in [5.41, 5.74) is 5.43. The average Bonchev–Trinajstić information content (AvgIpc) is 3.12. The van der Waals surface area contributed by atoms with Crippen molar-refractivity contribution >= 4 is 33.2 Å². The minimum Gasteiger partial charge on any atom is -0.300 e. The Morgan fingerprint density at radius 3 is 2.44 bits per heavy atom. The molecule has 5 aromatic rings. The van der Waals surface area contributed by atoms with Crippen LogP contribution >= 0.6 is 0 Å². The van der Waals surface area contributed by atoms with Gasteiger partial charge in [-0.2, -0.15) is 0 Å². The van der Waals surface area contributed by atoms with E-state index in [9.17, 15) is 4.79 Å². The van der Waals surface area contributed by atoms with E-state index in [0.717, 1.165) is 33.9 Å². The van der Waals surface area contributed by atoms with Crippen LogP contribution in [0.4, 0.5) is 0 Å². The van der Waals surface area contributed by atoms with Crippen LogP contribution in [0.25, 0.3) is 27.5 Å². The van der Waals surface area contributed by atoms with Crippen LogP contribution in [0.2, 0.25) is 0 Å². The molecule has 0 N–H and O–H groups in total. The maximum Gasteiger partial charge on any atom is 0.193 e. The third kappa shape index (κ3) is 2.43. The Morgan fingerprint density at radius 1 is 0.926 bits per heavy atom. The van der Waals surface area contributed by atoms with Gasteiger partial charge in [-0.05, 0) is 35.6 Å². The van der Waals surface area contributed by atoms with E-state index in [0.29, 0.717) is 11.1 Å². The molecule has 27 heavy (non-hydrogen) atoms. The van der Waals surface area contributed by atoms with Gasteiger partial charge in [0, 0.05) is 22.7 Å². The van der Waals surface area contributed by atoms with E-state index in [-0.39, 0.29) is 5.78 Å². The molecule has 0 unspecified atom stereocenters. The first-order valence-electron chi connectivity index (χ1n) is 9.18. The normalized spacial score (nSPS) is 11.4. The Bertz CT molecular complexity index is 1310. The molecule has 3 aromatic carbocycles. The van der Waals surface area contributed by atoms with Crippen molar-refractivity contribution in [1.82, 2.24) is 9.38 Å². The first kappa shape index (κ1) is 15.8. The van der Waals surface area contributed by atoms with Crippen molar-refractivity contribution < 1.29 is 4.79 Å². The predicted octanol–water partition coefficient (Wildman–Crippen LogP) is 5.43. The molecule has 5 rings (SSSR count). The second-order valence-corrected chi connectivity index (χ2v) is 6.76. The van der Waals surface area contributed by atoms with Gasteiger partial charge in [-0.15, -0.1) is 0 Å². The van der Waals surface area contributed by atoms with Crippen LogP contribution in [0.15, 0.2) is 79.0 Å². The number of hydrogen-bond acceptors (Lipinski definition) is 2. The van der Waals surface area contributed by atoms with E-state index in [1.54, 1.807) is 0 Å². The molecule has 0 spiro atoms. The number of fused-ring (bicyclic) bond motifs is 5. The van der Waals surface area contributed by atoms with Crippen molar-refractivity contribution in [3.63, 3.8) is 0 Å². The second-order valence-electron chi connectivity index (χ2n) is 6.76. The van der Waals surface area contributed by atoms with Crippen LogP contribution in [0.3, 0.4) is 0 Å². The summed E-state index contributed by atoms with van der Waals surface area (Å²) in [6.45, 7) is 2.11. The zero-order valence-corrected chi connectivity index (χ0v) is 15.0. The molecule has 0 radical (unpaired) electrons. The summed E-state index contributed by atoms with van der Waals surface area (Å²) in [7, 11) is 0. The van der Waals surface area contributed by atoms with E-state index in [1.807, 2.05) is 83.4 Å². The molecule has 0 saturated heterocycles. The summed E-state index contributed by atoms with van der Waals surface area (Å²) >= 11 is 0. The summed E-state index contributed by atoms with van der Waals surface area (Å²) in [5, 5.41) is 1.95. The molecule has 0 aliphatic heterocycles. The lowest BCUT2D eigenvalue weighted by Crippen LogP contribution is -2.03. The molecule has 0 bridgehead atoms. The summed E-state index contributed by atoms with van der Waals surface area (Å²) < 4.78 is 2.04. The number of carbonyl (C=O) groups excluding carboxylic acids is 1. The Balaban J connectivity index is 1.81. The standard InChI is InChI=1S/C24H18N2O/c1-2-16-10-12-17(13-11-16)24(27)20-15-21-23(19-8-4-3-7-18(19)20)25-22-9-5-6-14-26(21)22/h3-15H,2H2,1H3. The van der Waals surface area contributed by atoms with E-state index < -0.39 is 0 Å². The monoisotopic (exact) mass is 350 g/mol. The first-order valence-corrected chi connectivity index (χ1v) is 9.18. The summed E-state index contributed by atoms with van der Waals surface area (Å²) in [4.78, 5) is 18.1. The summed E-state index contributed by atoms with van der Waals surface area (Å²) in [5.74, 6) is 0.0432. The highest BCUT2D eigenvalue weighted by Crippen LogP contribution is 2.30. The number of nitrogens with zero attached hydrogens (tertiary/aromatic N) is 2. The van der Waals surface area contributed by atoms with Gasteiger partial charge in [0.2, 0.25) is 0 Å². The summed E-state index contributed by atoms with van der Waals surface area (Å²) in [6, 6.07) is 23.9. The van der Waals surface area contributed by atoms with Crippen molar-refractivity contribution in [2.24, 2.45) is 0 Å². The highest BCUT2D eigenvalue weighted by molar-refractivity contribution is 6.21. The topological polar surface area (TPSA) is 34.4 Å². The minimum atomic E-state index is 0.0432. The molecule has 130 valence electrons. The van der Waals surface area contributed by atoms with Gasteiger partial charge < -0.3 is 0 Å². The number of benzene rings is 3. The molecular formula is C24H18N2O. The average molecular weight is 350 g/mol. The lowest BCUT2D eigenvalue weighted by atomic mass is 9.95. The maximum atomic E-state index is 13.3. The van der Waals surface area contributed by atoms with E-state index in [1.165, 1.54) is 5.56 Å². The predicted molar refractivity (Wildman–Crippen MR) is 109 cm³/mol. The third-order valence-corrected chi connectivity index (χ3v) is 5.19. The van der Waals surface area contributed by atoms with Gasteiger partial charge in [0.1, 0.15) is 5.65 Å². The fourth-order valence-corrected chi connectivity index (χ4v) is 3.73. The number of imidazole rings is 1. The molecule has 0 fully saturated rings. The quantitative estimate of drug-likeness (QED) is 0.406. The Morgan fingerprint density at radius 2 is 1.67 bits per heavy atom. The SMILES string of the molecule is CCc1ccc(C(=O)c2cc3c(nc4ccccn43)c3ccccc23)cc1. The van der Waals surface area contributed by atoms with Gasteiger partial charge in [0.25, 0.3) is 0 Å². The molecule has 0 atom stereocenters. The molecule has 0 aliphatic rings. The lowest BCUT2D eigenvalue weighted by Gasteiger charge is -2.08. The number of pyridine rings is 1. The number of hydrogen-bond donors (Lipinski definition) is 0. The van der Waals surface area contributed by atoms with Crippen LogP contribution in [0.1, 0.15) is 28.4 Å². The van der Waals surface area contributed by atoms with Crippen molar-refractivity contribution in [2.75, 3.05) is 0 Å². The highest BCUT2D eigenvalue weighted by atomic mass is 16.1.